The van der Waals surface area contributed by atoms with Crippen molar-refractivity contribution in [3.05, 3.63) is 65.4 Å². The molecule has 0 radical (unpaired) electrons. The fourth-order valence-electron chi connectivity index (χ4n) is 3.42. The predicted molar refractivity (Wildman–Crippen MR) is 108 cm³/mol. The number of likely N-dealkylation sites (N-methyl/N-ethyl adjacent to an activating group) is 1. The van der Waals surface area contributed by atoms with Gasteiger partial charge in [0.05, 0.1) is 12.6 Å². The molecule has 0 aliphatic heterocycles. The molecule has 2 N–H and O–H groups in total. The zero-order valence-corrected chi connectivity index (χ0v) is 16.3. The highest BCUT2D eigenvalue weighted by Crippen LogP contribution is 2.22. The number of hydrogen-bond donors (Lipinski definition) is 2. The number of Topliss-reactive ketones (excluding diaryl/α,β-unsaturated/α-hetero) is 1. The van der Waals surface area contributed by atoms with Crippen LogP contribution in [-0.2, 0) is 6.54 Å². The molecule has 2 aromatic carbocycles. The van der Waals surface area contributed by atoms with Crippen LogP contribution in [0, 0.1) is 6.92 Å². The number of hydrogen-bond acceptors (Lipinski definition) is 2. The number of benzene rings is 2. The summed E-state index contributed by atoms with van der Waals surface area (Å²) in [5.74, 6) is 0.197. The normalized spacial score (nSPS) is 13.6. The fourth-order valence-corrected chi connectivity index (χ4v) is 3.42. The highest BCUT2D eigenvalue weighted by molar-refractivity contribution is 6.10. The number of aromatic nitrogens is 1. The van der Waals surface area contributed by atoms with Crippen LogP contribution >= 0.6 is 0 Å². The molecule has 1 heterocycles. The van der Waals surface area contributed by atoms with Crippen molar-refractivity contribution in [1.29, 1.82) is 0 Å². The number of nitrogens with one attached hydrogen (secondary N) is 2. The molecule has 2 atom stereocenters. The summed E-state index contributed by atoms with van der Waals surface area (Å²) in [5.41, 5.74) is 5.23. The maximum Gasteiger partial charge on any atom is 0.222 e. The second kappa shape index (κ2) is 7.34. The zero-order chi connectivity index (χ0) is 18.8. The van der Waals surface area contributed by atoms with E-state index in [2.05, 4.69) is 41.2 Å². The summed E-state index contributed by atoms with van der Waals surface area (Å²) in [5, 5.41) is 1.02. The van der Waals surface area contributed by atoms with Gasteiger partial charge in [-0.2, -0.15) is 0 Å². The van der Waals surface area contributed by atoms with Crippen molar-refractivity contribution in [2.75, 3.05) is 26.0 Å². The monoisotopic (exact) mass is 350 g/mol. The highest BCUT2D eigenvalue weighted by Gasteiger charge is 2.27. The molecule has 0 aliphatic carbocycles. The van der Waals surface area contributed by atoms with Gasteiger partial charge in [0.15, 0.2) is 0 Å². The molecule has 3 aromatic rings. The van der Waals surface area contributed by atoms with Gasteiger partial charge in [-0.15, -0.1) is 0 Å². The fraction of sp³-hybridized carbons (Fsp3) is 0.318. The van der Waals surface area contributed by atoms with E-state index in [1.165, 1.54) is 16.2 Å². The van der Waals surface area contributed by atoms with Gasteiger partial charge >= 0.3 is 0 Å². The van der Waals surface area contributed by atoms with Crippen LogP contribution in [-0.4, -0.2) is 38.0 Å². The van der Waals surface area contributed by atoms with E-state index in [0.29, 0.717) is 0 Å². The number of rotatable bonds is 6. The molecule has 136 valence electrons. The summed E-state index contributed by atoms with van der Waals surface area (Å²) in [6.45, 7) is 4.82. The van der Waals surface area contributed by atoms with E-state index in [0.717, 1.165) is 28.7 Å². The van der Waals surface area contributed by atoms with Gasteiger partial charge in [0, 0.05) is 41.9 Å². The molecule has 3 rings (SSSR count). The van der Waals surface area contributed by atoms with Crippen LogP contribution in [0.4, 0.5) is 5.69 Å². The lowest BCUT2D eigenvalue weighted by Crippen LogP contribution is -3.12. The molecular formula is C22H28N3O+. The van der Waals surface area contributed by atoms with Crippen molar-refractivity contribution in [1.82, 2.24) is 4.98 Å². The Kier molecular flexibility index (Phi) is 5.14. The van der Waals surface area contributed by atoms with Crippen LogP contribution in [0.15, 0.2) is 48.5 Å². The first-order chi connectivity index (χ1) is 12.4. The minimum absolute atomic E-state index is 0.110. The molecule has 0 saturated carbocycles. The summed E-state index contributed by atoms with van der Waals surface area (Å²) in [6.07, 6.45) is 0. The Bertz CT molecular complexity index is 909. The summed E-state index contributed by atoms with van der Waals surface area (Å²) in [6, 6.07) is 16.4. The number of carbonyl (C=O) groups is 1. The lowest BCUT2D eigenvalue weighted by molar-refractivity contribution is -0.907. The molecule has 0 fully saturated rings. The standard InChI is InChI=1S/C22H27N3O/c1-15-21(19-8-6-7-9-20(19)23-15)22(26)16(2)25(5)14-17-10-12-18(13-11-17)24(3)4/h6-13,16,23H,14H2,1-5H3/p+1/t16-/m1/s1. The van der Waals surface area contributed by atoms with Gasteiger partial charge in [0.25, 0.3) is 0 Å². The third kappa shape index (κ3) is 3.51. The molecule has 4 nitrogen and oxygen atoms in total. The third-order valence-corrected chi connectivity index (χ3v) is 5.21. The van der Waals surface area contributed by atoms with E-state index >= 15 is 0 Å². The number of aromatic amines is 1. The first-order valence-electron chi connectivity index (χ1n) is 9.08. The topological polar surface area (TPSA) is 40.5 Å². The molecular weight excluding hydrogens is 322 g/mol. The first-order valence-corrected chi connectivity index (χ1v) is 9.08. The molecule has 0 aliphatic rings. The smallest absolute Gasteiger partial charge is 0.222 e. The van der Waals surface area contributed by atoms with E-state index in [4.69, 9.17) is 0 Å². The minimum atomic E-state index is -0.110. The molecule has 0 amide bonds. The number of H-pyrrole nitrogens is 1. The number of carbonyl (C=O) groups excluding carboxylic acids is 1. The Morgan fingerprint density at radius 1 is 1.12 bits per heavy atom. The number of fused-ring (bicyclic) bond motifs is 1. The number of quaternary nitrogens is 1. The number of nitrogens with zero attached hydrogens (tertiary/aromatic N) is 1. The van der Waals surface area contributed by atoms with Crippen LogP contribution < -0.4 is 9.80 Å². The van der Waals surface area contributed by atoms with Crippen LogP contribution in [0.1, 0.15) is 28.5 Å². The number of aryl methyl sites for hydroxylation is 1. The SMILES string of the molecule is Cc1[nH]c2ccccc2c1C(=O)[C@@H](C)[NH+](C)Cc1ccc(N(C)C)cc1. The Morgan fingerprint density at radius 2 is 1.77 bits per heavy atom. The molecule has 0 saturated heterocycles. The van der Waals surface area contributed by atoms with E-state index < -0.39 is 0 Å². The van der Waals surface area contributed by atoms with Gasteiger partial charge in [-0.3, -0.25) is 4.79 Å². The van der Waals surface area contributed by atoms with Crippen LogP contribution in [0.2, 0.25) is 0 Å². The lowest BCUT2D eigenvalue weighted by atomic mass is 10.0. The molecule has 26 heavy (non-hydrogen) atoms. The van der Waals surface area contributed by atoms with Crippen molar-refractivity contribution in [2.45, 2.75) is 26.4 Å². The Hall–Kier alpha value is -2.59. The van der Waals surface area contributed by atoms with Crippen molar-refractivity contribution in [3.63, 3.8) is 0 Å². The van der Waals surface area contributed by atoms with E-state index in [1.54, 1.807) is 0 Å². The van der Waals surface area contributed by atoms with Gasteiger partial charge in [0.1, 0.15) is 12.6 Å². The van der Waals surface area contributed by atoms with E-state index in [-0.39, 0.29) is 11.8 Å². The molecule has 1 unspecified atom stereocenters. The van der Waals surface area contributed by atoms with Crippen LogP contribution in [0.5, 0.6) is 0 Å². The average Bonchev–Trinajstić information content (AvgIpc) is 2.96. The zero-order valence-electron chi connectivity index (χ0n) is 16.3. The lowest BCUT2D eigenvalue weighted by Gasteiger charge is -2.21. The Labute approximate surface area is 155 Å². The van der Waals surface area contributed by atoms with Gasteiger partial charge in [-0.1, -0.05) is 30.3 Å². The number of para-hydroxylation sites is 1. The molecule has 0 bridgehead atoms. The minimum Gasteiger partial charge on any atom is -0.378 e. The Balaban J connectivity index is 1.78. The van der Waals surface area contributed by atoms with Gasteiger partial charge < -0.3 is 14.8 Å². The second-order valence-corrected chi connectivity index (χ2v) is 7.34. The predicted octanol–water partition coefficient (Wildman–Crippen LogP) is 2.83. The maximum absolute atomic E-state index is 13.2. The third-order valence-electron chi connectivity index (χ3n) is 5.21. The van der Waals surface area contributed by atoms with Crippen molar-refractivity contribution >= 4 is 22.4 Å². The summed E-state index contributed by atoms with van der Waals surface area (Å²) < 4.78 is 0. The summed E-state index contributed by atoms with van der Waals surface area (Å²) in [4.78, 5) is 19.8. The van der Waals surface area contributed by atoms with E-state index in [9.17, 15) is 4.79 Å². The number of anilines is 1. The van der Waals surface area contributed by atoms with Gasteiger partial charge in [0.2, 0.25) is 5.78 Å². The van der Waals surface area contributed by atoms with Crippen LogP contribution in [0.3, 0.4) is 0 Å². The average molecular weight is 350 g/mol. The summed E-state index contributed by atoms with van der Waals surface area (Å²) >= 11 is 0. The van der Waals surface area contributed by atoms with Crippen molar-refractivity contribution < 1.29 is 9.69 Å². The molecule has 1 aromatic heterocycles. The van der Waals surface area contributed by atoms with Crippen LogP contribution in [0.25, 0.3) is 10.9 Å². The Morgan fingerprint density at radius 3 is 2.42 bits per heavy atom. The van der Waals surface area contributed by atoms with Gasteiger partial charge in [-0.05, 0) is 32.0 Å². The number of ketones is 1. The maximum atomic E-state index is 13.2. The second-order valence-electron chi connectivity index (χ2n) is 7.34. The van der Waals surface area contributed by atoms with E-state index in [1.807, 2.05) is 52.2 Å². The molecule has 0 spiro atoms. The largest absolute Gasteiger partial charge is 0.378 e. The molecule has 4 heteroatoms. The highest BCUT2D eigenvalue weighted by atomic mass is 16.1. The van der Waals surface area contributed by atoms with Gasteiger partial charge in [-0.25, -0.2) is 0 Å². The summed E-state index contributed by atoms with van der Waals surface area (Å²) in [7, 11) is 6.17. The van der Waals surface area contributed by atoms with Crippen molar-refractivity contribution in [2.24, 2.45) is 0 Å². The van der Waals surface area contributed by atoms with Crippen molar-refractivity contribution in [3.8, 4) is 0 Å². The first kappa shape index (κ1) is 18.2. The quantitative estimate of drug-likeness (QED) is 0.671.